The zero-order chi connectivity index (χ0) is 11.4. The highest BCUT2D eigenvalue weighted by atomic mass is 16.5. The van der Waals surface area contributed by atoms with E-state index >= 15 is 0 Å². The SMILES string of the molecule is C/C=C/[C@H](O)[C@H]1C(=O)OC[C@@H]1CC(C)=O. The van der Waals surface area contributed by atoms with Crippen LogP contribution in [0.4, 0.5) is 0 Å². The highest BCUT2D eigenvalue weighted by Gasteiger charge is 2.41. The third-order valence-corrected chi connectivity index (χ3v) is 2.53. The number of Topliss-reactive ketones (excluding diaryl/α,β-unsaturated/α-hetero) is 1. The zero-order valence-electron chi connectivity index (χ0n) is 8.97. The van der Waals surface area contributed by atoms with Crippen molar-refractivity contribution in [1.82, 2.24) is 0 Å². The summed E-state index contributed by atoms with van der Waals surface area (Å²) in [5.74, 6) is -1.19. The summed E-state index contributed by atoms with van der Waals surface area (Å²) in [7, 11) is 0. The van der Waals surface area contributed by atoms with Gasteiger partial charge < -0.3 is 14.6 Å². The minimum absolute atomic E-state index is 0.0102. The van der Waals surface area contributed by atoms with Gasteiger partial charge in [0.25, 0.3) is 0 Å². The summed E-state index contributed by atoms with van der Waals surface area (Å²) in [4.78, 5) is 22.3. The maximum absolute atomic E-state index is 11.4. The van der Waals surface area contributed by atoms with Gasteiger partial charge in [0.1, 0.15) is 5.78 Å². The third-order valence-electron chi connectivity index (χ3n) is 2.53. The summed E-state index contributed by atoms with van der Waals surface area (Å²) < 4.78 is 4.86. The number of esters is 1. The molecule has 0 aliphatic carbocycles. The Morgan fingerprint density at radius 2 is 2.40 bits per heavy atom. The van der Waals surface area contributed by atoms with Crippen LogP contribution in [0.1, 0.15) is 20.3 Å². The van der Waals surface area contributed by atoms with E-state index < -0.39 is 18.0 Å². The van der Waals surface area contributed by atoms with Gasteiger partial charge in [-0.1, -0.05) is 12.2 Å². The van der Waals surface area contributed by atoms with Crippen molar-refractivity contribution in [3.8, 4) is 0 Å². The fourth-order valence-corrected chi connectivity index (χ4v) is 1.87. The molecule has 0 saturated carbocycles. The number of aliphatic hydroxyl groups is 1. The molecule has 0 aromatic carbocycles. The predicted octanol–water partition coefficient (Wildman–Crippen LogP) is 0.692. The molecule has 4 heteroatoms. The molecule has 0 radical (unpaired) electrons. The lowest BCUT2D eigenvalue weighted by Crippen LogP contribution is -2.29. The average molecular weight is 212 g/mol. The van der Waals surface area contributed by atoms with Gasteiger partial charge >= 0.3 is 5.97 Å². The third kappa shape index (κ3) is 2.89. The molecule has 1 aliphatic heterocycles. The van der Waals surface area contributed by atoms with Crippen LogP contribution in [0, 0.1) is 11.8 Å². The molecule has 0 aromatic rings. The van der Waals surface area contributed by atoms with Crippen molar-refractivity contribution in [2.45, 2.75) is 26.4 Å². The number of aliphatic hydroxyl groups excluding tert-OH is 1. The highest BCUT2D eigenvalue weighted by molar-refractivity contribution is 5.80. The second-order valence-corrected chi connectivity index (χ2v) is 3.84. The number of ketones is 1. The first-order valence-electron chi connectivity index (χ1n) is 5.03. The Morgan fingerprint density at radius 3 is 2.93 bits per heavy atom. The zero-order valence-corrected chi connectivity index (χ0v) is 8.97. The first-order chi connectivity index (χ1) is 7.06. The average Bonchev–Trinajstić information content (AvgIpc) is 2.46. The number of carbonyl (C=O) groups excluding carboxylic acids is 2. The van der Waals surface area contributed by atoms with Crippen molar-refractivity contribution in [2.24, 2.45) is 11.8 Å². The number of allylic oxidation sites excluding steroid dienone is 1. The molecule has 0 bridgehead atoms. The molecule has 0 amide bonds. The summed E-state index contributed by atoms with van der Waals surface area (Å²) in [5, 5.41) is 9.70. The Morgan fingerprint density at radius 1 is 1.73 bits per heavy atom. The van der Waals surface area contributed by atoms with Crippen LogP contribution >= 0.6 is 0 Å². The molecule has 0 spiro atoms. The minimum atomic E-state index is -0.852. The maximum atomic E-state index is 11.4. The number of ether oxygens (including phenoxy) is 1. The molecule has 1 rings (SSSR count). The first-order valence-corrected chi connectivity index (χ1v) is 5.03. The fraction of sp³-hybridized carbons (Fsp3) is 0.636. The van der Waals surface area contributed by atoms with E-state index in [2.05, 4.69) is 0 Å². The standard InChI is InChI=1S/C11H16O4/c1-3-4-9(13)10-8(5-7(2)12)6-15-11(10)14/h3-4,8-10,13H,5-6H2,1-2H3/b4-3+/t8-,9-,10-/m0/s1. The van der Waals surface area contributed by atoms with E-state index in [-0.39, 0.29) is 24.7 Å². The van der Waals surface area contributed by atoms with Gasteiger partial charge in [-0.2, -0.15) is 0 Å². The highest BCUT2D eigenvalue weighted by Crippen LogP contribution is 2.28. The molecule has 15 heavy (non-hydrogen) atoms. The van der Waals surface area contributed by atoms with Crippen LogP contribution in [0.25, 0.3) is 0 Å². The number of hydrogen-bond donors (Lipinski definition) is 1. The number of cyclic esters (lactones) is 1. The number of rotatable bonds is 4. The molecule has 1 N–H and O–H groups in total. The summed E-state index contributed by atoms with van der Waals surface area (Å²) in [5.41, 5.74) is 0. The molecule has 0 aromatic heterocycles. The monoisotopic (exact) mass is 212 g/mol. The van der Waals surface area contributed by atoms with E-state index in [4.69, 9.17) is 4.74 Å². The Bertz CT molecular complexity index is 282. The van der Waals surface area contributed by atoms with Crippen LogP contribution in [0.2, 0.25) is 0 Å². The van der Waals surface area contributed by atoms with Gasteiger partial charge in [0.15, 0.2) is 0 Å². The van der Waals surface area contributed by atoms with Crippen molar-refractivity contribution >= 4 is 11.8 Å². The first kappa shape index (κ1) is 11.9. The van der Waals surface area contributed by atoms with Gasteiger partial charge in [-0.3, -0.25) is 4.79 Å². The van der Waals surface area contributed by atoms with Crippen molar-refractivity contribution in [1.29, 1.82) is 0 Å². The lowest BCUT2D eigenvalue weighted by molar-refractivity contribution is -0.143. The maximum Gasteiger partial charge on any atom is 0.312 e. The Labute approximate surface area is 88.9 Å². The molecule has 4 nitrogen and oxygen atoms in total. The molecular weight excluding hydrogens is 196 g/mol. The largest absolute Gasteiger partial charge is 0.465 e. The van der Waals surface area contributed by atoms with Crippen LogP contribution < -0.4 is 0 Å². The van der Waals surface area contributed by atoms with E-state index in [0.29, 0.717) is 0 Å². The van der Waals surface area contributed by atoms with Gasteiger partial charge in [0.2, 0.25) is 0 Å². The summed E-state index contributed by atoms with van der Waals surface area (Å²) in [6, 6.07) is 0. The second kappa shape index (κ2) is 5.07. The van der Waals surface area contributed by atoms with Gasteiger partial charge in [0.05, 0.1) is 18.6 Å². The van der Waals surface area contributed by atoms with E-state index in [1.54, 1.807) is 19.1 Å². The Hall–Kier alpha value is -1.16. The van der Waals surface area contributed by atoms with E-state index in [9.17, 15) is 14.7 Å². The topological polar surface area (TPSA) is 63.6 Å². The van der Waals surface area contributed by atoms with Crippen molar-refractivity contribution in [3.63, 3.8) is 0 Å². The second-order valence-electron chi connectivity index (χ2n) is 3.84. The predicted molar refractivity (Wildman–Crippen MR) is 54.1 cm³/mol. The minimum Gasteiger partial charge on any atom is -0.465 e. The van der Waals surface area contributed by atoms with Gasteiger partial charge in [-0.25, -0.2) is 0 Å². The van der Waals surface area contributed by atoms with Crippen molar-refractivity contribution in [2.75, 3.05) is 6.61 Å². The van der Waals surface area contributed by atoms with Gasteiger partial charge in [0, 0.05) is 12.3 Å². The lowest BCUT2D eigenvalue weighted by Gasteiger charge is -2.16. The smallest absolute Gasteiger partial charge is 0.312 e. The number of carbonyl (C=O) groups is 2. The van der Waals surface area contributed by atoms with E-state index in [1.165, 1.54) is 6.92 Å². The lowest BCUT2D eigenvalue weighted by atomic mass is 9.86. The quantitative estimate of drug-likeness (QED) is 0.550. The van der Waals surface area contributed by atoms with Crippen LogP contribution in [0.3, 0.4) is 0 Å². The molecule has 1 saturated heterocycles. The summed E-state index contributed by atoms with van der Waals surface area (Å²) in [6.45, 7) is 3.48. The summed E-state index contributed by atoms with van der Waals surface area (Å²) in [6.07, 6.45) is 2.66. The van der Waals surface area contributed by atoms with Crippen LogP contribution in [0.5, 0.6) is 0 Å². The normalized spacial score (nSPS) is 28.1. The van der Waals surface area contributed by atoms with Gasteiger partial charge in [-0.15, -0.1) is 0 Å². The van der Waals surface area contributed by atoms with Crippen LogP contribution in [0.15, 0.2) is 12.2 Å². The molecule has 0 unspecified atom stereocenters. The van der Waals surface area contributed by atoms with E-state index in [0.717, 1.165) is 0 Å². The van der Waals surface area contributed by atoms with Crippen molar-refractivity contribution in [3.05, 3.63) is 12.2 Å². The summed E-state index contributed by atoms with van der Waals surface area (Å²) >= 11 is 0. The molecular formula is C11H16O4. The van der Waals surface area contributed by atoms with Crippen LogP contribution in [-0.4, -0.2) is 29.6 Å². The fourth-order valence-electron chi connectivity index (χ4n) is 1.87. The molecule has 1 fully saturated rings. The Balaban J connectivity index is 2.72. The Kier molecular flexibility index (Phi) is 4.03. The number of hydrogen-bond acceptors (Lipinski definition) is 4. The molecule has 84 valence electrons. The van der Waals surface area contributed by atoms with Crippen molar-refractivity contribution < 1.29 is 19.4 Å². The molecule has 1 aliphatic rings. The molecule has 3 atom stereocenters. The van der Waals surface area contributed by atoms with E-state index in [1.807, 2.05) is 0 Å². The van der Waals surface area contributed by atoms with Gasteiger partial charge in [-0.05, 0) is 13.8 Å². The van der Waals surface area contributed by atoms with Crippen LogP contribution in [-0.2, 0) is 14.3 Å². The molecule has 1 heterocycles.